The Kier molecular flexibility index (Phi) is 27.5. The molecule has 4 saturated heterocycles. The smallest absolute Gasteiger partial charge is 0.416 e. The van der Waals surface area contributed by atoms with Crippen LogP contribution in [0.3, 0.4) is 0 Å². The summed E-state index contributed by atoms with van der Waals surface area (Å²) >= 11 is 0. The number of aliphatic hydroxyl groups is 2. The van der Waals surface area contributed by atoms with Gasteiger partial charge in [-0.3, -0.25) is 14.4 Å². The van der Waals surface area contributed by atoms with Gasteiger partial charge in [0.15, 0.2) is 30.3 Å². The molecule has 4 N–H and O–H groups in total. The second-order valence-electron chi connectivity index (χ2n) is 26.5. The van der Waals surface area contributed by atoms with Crippen LogP contribution in [0.1, 0.15) is 135 Å². The predicted octanol–water partition coefficient (Wildman–Crippen LogP) is 6.78. The van der Waals surface area contributed by atoms with E-state index in [1.807, 2.05) is 20.9 Å². The number of nitrogens with zero attached hydrogens (tertiary/aromatic N) is 2. The van der Waals surface area contributed by atoms with Crippen molar-refractivity contribution in [2.45, 2.75) is 244 Å². The third-order valence-electron chi connectivity index (χ3n) is 17.6. The van der Waals surface area contributed by atoms with Crippen molar-refractivity contribution in [2.75, 3.05) is 48.1 Å². The van der Waals surface area contributed by atoms with Gasteiger partial charge in [-0.15, -0.1) is 0 Å². The minimum absolute atomic E-state index is 0.0633. The number of Topliss-reactive ketones (excluding diaryl/α,β-unsaturated/α-hetero) is 1. The van der Waals surface area contributed by atoms with E-state index in [1.165, 1.54) is 49.0 Å². The number of sulfonamides is 1. The van der Waals surface area contributed by atoms with Crippen LogP contribution in [-0.2, 0) is 87.5 Å². The van der Waals surface area contributed by atoms with Gasteiger partial charge in [0.05, 0.1) is 70.7 Å². The van der Waals surface area contributed by atoms with Crippen molar-refractivity contribution in [3.63, 3.8) is 0 Å². The summed E-state index contributed by atoms with van der Waals surface area (Å²) in [6.45, 7) is 25.1. The van der Waals surface area contributed by atoms with E-state index in [0.29, 0.717) is 25.1 Å². The number of rotatable bonds is 20. The average molecular weight is 1310 g/mol. The van der Waals surface area contributed by atoms with Crippen LogP contribution in [0.5, 0.6) is 0 Å². The lowest BCUT2D eigenvalue weighted by Gasteiger charge is -2.45. The van der Waals surface area contributed by atoms with Gasteiger partial charge in [-0.05, 0) is 105 Å². The number of cyclic esters (lactones) is 1. The number of halogens is 3. The van der Waals surface area contributed by atoms with Gasteiger partial charge in [0.1, 0.15) is 43.7 Å². The van der Waals surface area contributed by atoms with E-state index in [2.05, 4.69) is 20.1 Å². The minimum atomic E-state index is -4.72. The van der Waals surface area contributed by atoms with Crippen LogP contribution >= 0.6 is 0 Å². The van der Waals surface area contributed by atoms with Crippen LogP contribution in [0.15, 0.2) is 34.3 Å². The predicted molar refractivity (Wildman–Crippen MR) is 321 cm³/mol. The number of likely N-dealkylation sites (N-methyl/N-ethyl adjacent to an activating group) is 1. The Bertz CT molecular complexity index is 2660. The minimum Gasteiger partial charge on any atom is -0.461 e. The molecule has 0 aromatic heterocycles. The highest BCUT2D eigenvalue weighted by molar-refractivity contribution is 7.89. The zero-order chi connectivity index (χ0) is 67.7. The highest BCUT2D eigenvalue weighted by atomic mass is 32.2. The number of alkyl carbamates (subject to hydrolysis) is 1. The van der Waals surface area contributed by atoms with E-state index in [0.717, 1.165) is 12.1 Å². The lowest BCUT2D eigenvalue weighted by molar-refractivity contribution is -0.305. The van der Waals surface area contributed by atoms with Crippen molar-refractivity contribution in [3.05, 3.63) is 29.8 Å². The van der Waals surface area contributed by atoms with Crippen molar-refractivity contribution in [1.29, 1.82) is 0 Å². The van der Waals surface area contributed by atoms with Gasteiger partial charge in [-0.2, -0.15) is 13.2 Å². The number of methoxy groups -OCH3 is 2. The van der Waals surface area contributed by atoms with Gasteiger partial charge in [0.2, 0.25) is 10.0 Å². The molecular formula is C62H101F3N4O20S. The van der Waals surface area contributed by atoms with Crippen LogP contribution < -0.4 is 10.0 Å². The maximum Gasteiger partial charge on any atom is 0.416 e. The number of hydrogen-bond acceptors (Lipinski definition) is 22. The number of carbonyl (C=O) groups is 4. The van der Waals surface area contributed by atoms with E-state index >= 15 is 9.59 Å². The van der Waals surface area contributed by atoms with E-state index < -0.39 is 184 Å². The SMILES string of the molecule is CON=C1C[C@@H](C)O[C@@H](O[C@@H]2[C@@H](C)[C@H](O[C@H]3CC(C)N(C)C[C@H](C)O3)[C@@H](C)C(=O)O[C@H](C(C)CO[C@@H]3O[C@H](C)[C@@H](O)[C@@H](OC)[C@H]3OC)[C@H](C)[C@@H](OC(=O)CC(C)C)[C@@H](C)C(=O)[C@@](C)(OC(=O)NC(C)(C)CNS(=O)(=O)c3ccc(C(F)(F)F)cc3)C[C@@H]2C)[C@@H]1O. The number of ether oxygens (including phenoxy) is 11. The van der Waals surface area contributed by atoms with Crippen molar-refractivity contribution < 1.29 is 108 Å². The van der Waals surface area contributed by atoms with Crippen LogP contribution in [0.2, 0.25) is 0 Å². The number of benzene rings is 1. The molecule has 0 radical (unpaired) electrons. The van der Waals surface area contributed by atoms with Crippen LogP contribution in [0, 0.1) is 41.4 Å². The Balaban J connectivity index is 1.69. The molecule has 516 valence electrons. The topological polar surface area (TPSA) is 293 Å². The fraction of sp³-hybridized carbons (Fsp3) is 0.823. The van der Waals surface area contributed by atoms with Gasteiger partial charge in [0, 0.05) is 70.4 Å². The third kappa shape index (κ3) is 19.9. The molecule has 4 aliphatic rings. The summed E-state index contributed by atoms with van der Waals surface area (Å²) in [6.07, 6.45) is -20.4. The summed E-state index contributed by atoms with van der Waals surface area (Å²) in [6, 6.07) is 2.80. The average Bonchev–Trinajstić information content (AvgIpc) is 0.853. The largest absolute Gasteiger partial charge is 0.461 e. The van der Waals surface area contributed by atoms with Gasteiger partial charge in [-0.1, -0.05) is 53.6 Å². The molecule has 4 fully saturated rings. The maximum absolute atomic E-state index is 16.1. The Morgan fingerprint density at radius 1 is 0.833 bits per heavy atom. The highest BCUT2D eigenvalue weighted by Gasteiger charge is 2.53. The Morgan fingerprint density at radius 2 is 1.47 bits per heavy atom. The standard InChI is InChI=1S/C62H101F3N4O20S/c1-31(2)24-45(70)85-51-38(9)50(33(4)29-81-58-54(79-18)53(78-17)47(71)41(12)84-58)87-56(74)40(11)52(86-46-25-34(5)69(16)28-36(7)82-46)37(8)49(88-57-48(72)44(68-80-19)26-35(6)83-57)32(3)27-61(15,55(73)39(51)10)89-59(75)67-60(13,14)30-66-90(76,77)43-22-20-42(21-23-43)62(63,64)65/h20-23,31-41,46-54,57-58,66,71-72H,24-30H2,1-19H3,(H,67,75)/t32-,33?,34?,35+,36-,37+,38-,39+,40+,41+,46-,47+,48+,49-,50+,51+,52-,53+,54+,57-,58+,61-/m0/s1. The summed E-state index contributed by atoms with van der Waals surface area (Å²) in [4.78, 5) is 67.1. The second kappa shape index (κ2) is 32.3. The lowest BCUT2D eigenvalue weighted by Crippen LogP contribution is -2.59. The molecule has 22 atom stereocenters. The number of aliphatic hydroxyl groups excluding tert-OH is 2. The number of amides is 1. The molecule has 90 heavy (non-hydrogen) atoms. The Hall–Kier alpha value is -4.17. The number of hydrogen-bond donors (Lipinski definition) is 4. The normalized spacial score (nSPS) is 36.7. The Labute approximate surface area is 528 Å². The molecule has 24 nitrogen and oxygen atoms in total. The molecular weight excluding hydrogens is 1210 g/mol. The zero-order valence-corrected chi connectivity index (χ0v) is 56.5. The van der Waals surface area contributed by atoms with Gasteiger partial charge < -0.3 is 77.4 Å². The molecule has 0 bridgehead atoms. The fourth-order valence-corrected chi connectivity index (χ4v) is 13.7. The number of ketones is 1. The molecule has 2 unspecified atom stereocenters. The quantitative estimate of drug-likeness (QED) is 0.0594. The molecule has 1 amide bonds. The van der Waals surface area contributed by atoms with Gasteiger partial charge in [0.25, 0.3) is 0 Å². The molecule has 0 spiro atoms. The van der Waals surface area contributed by atoms with E-state index in [1.54, 1.807) is 62.3 Å². The highest BCUT2D eigenvalue weighted by Crippen LogP contribution is 2.41. The molecule has 0 aliphatic carbocycles. The van der Waals surface area contributed by atoms with Crippen molar-refractivity contribution in [3.8, 4) is 0 Å². The molecule has 1 aromatic rings. The number of esters is 2. The second-order valence-corrected chi connectivity index (χ2v) is 28.3. The number of oxime groups is 1. The molecule has 4 aliphatic heterocycles. The van der Waals surface area contributed by atoms with Crippen molar-refractivity contribution in [1.82, 2.24) is 14.9 Å². The summed E-state index contributed by atoms with van der Waals surface area (Å²) < 4.78 is 140. The van der Waals surface area contributed by atoms with Crippen molar-refractivity contribution >= 4 is 39.6 Å². The van der Waals surface area contributed by atoms with E-state index in [4.69, 9.17) is 56.9 Å². The number of nitrogens with one attached hydrogen (secondary N) is 2. The first-order valence-electron chi connectivity index (χ1n) is 31.0. The number of carbonyl (C=O) groups excluding carboxylic acids is 4. The molecule has 28 heteroatoms. The van der Waals surface area contributed by atoms with Crippen LogP contribution in [0.25, 0.3) is 0 Å². The fourth-order valence-electron chi connectivity index (χ4n) is 12.5. The summed E-state index contributed by atoms with van der Waals surface area (Å²) in [5.74, 6) is -8.68. The maximum atomic E-state index is 16.1. The van der Waals surface area contributed by atoms with E-state index in [-0.39, 0.29) is 49.6 Å². The van der Waals surface area contributed by atoms with Crippen LogP contribution in [0.4, 0.5) is 18.0 Å². The molecule has 0 saturated carbocycles. The third-order valence-corrected chi connectivity index (χ3v) is 19.0. The zero-order valence-electron chi connectivity index (χ0n) is 55.6. The molecule has 4 heterocycles. The van der Waals surface area contributed by atoms with Gasteiger partial charge >= 0.3 is 24.2 Å². The van der Waals surface area contributed by atoms with Crippen LogP contribution in [-0.4, -0.2) is 204 Å². The van der Waals surface area contributed by atoms with Crippen molar-refractivity contribution in [2.24, 2.45) is 46.6 Å². The summed E-state index contributed by atoms with van der Waals surface area (Å²) in [5, 5.41) is 29.6. The monoisotopic (exact) mass is 1310 g/mol. The summed E-state index contributed by atoms with van der Waals surface area (Å²) in [7, 11) is 1.66. The Morgan fingerprint density at radius 3 is 2.06 bits per heavy atom. The first kappa shape index (κ1) is 76.5. The number of alkyl halides is 3. The summed E-state index contributed by atoms with van der Waals surface area (Å²) in [5.41, 5.74) is -4.59. The van der Waals surface area contributed by atoms with Gasteiger partial charge in [-0.25, -0.2) is 17.9 Å². The first-order chi connectivity index (χ1) is 41.8. The first-order valence-corrected chi connectivity index (χ1v) is 32.5. The van der Waals surface area contributed by atoms with E-state index in [9.17, 15) is 41.4 Å². The molecule has 5 rings (SSSR count). The molecule has 1 aromatic carbocycles. The lowest BCUT2D eigenvalue weighted by atomic mass is 9.74.